The first kappa shape index (κ1) is 34.5. The van der Waals surface area contributed by atoms with Crippen molar-refractivity contribution in [3.63, 3.8) is 0 Å². The van der Waals surface area contributed by atoms with Crippen LogP contribution in [0.3, 0.4) is 0 Å². The fourth-order valence-corrected chi connectivity index (χ4v) is 5.13. The van der Waals surface area contributed by atoms with E-state index in [0.717, 1.165) is 34.8 Å². The van der Waals surface area contributed by atoms with Gasteiger partial charge in [-0.2, -0.15) is 35.1 Å². The van der Waals surface area contributed by atoms with Crippen LogP contribution in [0.15, 0.2) is 81.7 Å². The fourth-order valence-electron chi connectivity index (χ4n) is 4.28. The van der Waals surface area contributed by atoms with Crippen molar-refractivity contribution in [1.82, 2.24) is 0 Å². The minimum absolute atomic E-state index is 0.0356. The Bertz CT molecular complexity index is 1670. The third-order valence-electron chi connectivity index (χ3n) is 6.81. The normalized spacial score (nSPS) is 18.0. The van der Waals surface area contributed by atoms with E-state index in [1.165, 1.54) is 6.07 Å². The Kier molecular flexibility index (Phi) is 9.57. The molecule has 2 aliphatic rings. The Morgan fingerprint density at radius 2 is 1.57 bits per heavy atom. The maximum absolute atomic E-state index is 14.4. The Morgan fingerprint density at radius 3 is 2.09 bits per heavy atom. The van der Waals surface area contributed by atoms with Crippen LogP contribution in [0.1, 0.15) is 35.2 Å². The van der Waals surface area contributed by atoms with Gasteiger partial charge in [0, 0.05) is 22.9 Å². The molecule has 1 fully saturated rings. The second-order valence-electron chi connectivity index (χ2n) is 9.79. The number of halogens is 10. The van der Waals surface area contributed by atoms with E-state index >= 15 is 0 Å². The van der Waals surface area contributed by atoms with Gasteiger partial charge in [0.1, 0.15) is 18.0 Å². The van der Waals surface area contributed by atoms with Crippen molar-refractivity contribution in [3.8, 4) is 0 Å². The molecule has 244 valence electrons. The lowest BCUT2D eigenvalue weighted by atomic mass is 9.87. The predicted octanol–water partition coefficient (Wildman–Crippen LogP) is 8.44. The van der Waals surface area contributed by atoms with Crippen LogP contribution < -0.4 is 10.6 Å². The maximum atomic E-state index is 14.4. The lowest BCUT2D eigenvalue weighted by Crippen LogP contribution is -2.59. The second-order valence-corrected chi connectivity index (χ2v) is 10.7. The minimum Gasteiger partial charge on any atom is -0.383 e. The van der Waals surface area contributed by atoms with Gasteiger partial charge < -0.3 is 16.0 Å². The molecular formula is C29H22F10N6S. The number of rotatable bonds is 6. The number of thioether (sulfide) groups is 1. The van der Waals surface area contributed by atoms with Crippen molar-refractivity contribution >= 4 is 46.7 Å². The highest BCUT2D eigenvalue weighted by Crippen LogP contribution is 2.58. The molecule has 0 aromatic heterocycles. The summed E-state index contributed by atoms with van der Waals surface area (Å²) < 4.78 is 131. The molecule has 0 aliphatic carbocycles. The zero-order chi connectivity index (χ0) is 34.1. The fraction of sp³-hybridized carbons (Fsp3) is 0.241. The van der Waals surface area contributed by atoms with Gasteiger partial charge in [0.25, 0.3) is 0 Å². The van der Waals surface area contributed by atoms with Gasteiger partial charge in [0.2, 0.25) is 0 Å². The first-order chi connectivity index (χ1) is 21.4. The number of aliphatic imine (C=N–C) groups is 3. The molecular weight excluding hydrogens is 654 g/mol. The standard InChI is InChI=1S/C19H13F9N4.C10H9FN2S/c20-16(18(23,24)25,17(21,22)19(26,27)28)13-5-7-14(8-6-13)31-10-32-15(30)12-3-1-11(9-29)2-4-12;1-6-8-3-2-7(11)4-9(8)13-5-14-10(13)12-6/h1-10,29H,(H2,30,31,32);2-4,6H,5H2,1H3. The van der Waals surface area contributed by atoms with Crippen molar-refractivity contribution in [2.45, 2.75) is 36.9 Å². The van der Waals surface area contributed by atoms with Crippen molar-refractivity contribution in [3.05, 3.63) is 94.8 Å². The van der Waals surface area contributed by atoms with Gasteiger partial charge in [-0.05, 0) is 36.8 Å². The van der Waals surface area contributed by atoms with Crippen molar-refractivity contribution in [2.24, 2.45) is 20.7 Å². The number of hydrogen-bond acceptors (Lipinski definition) is 5. The Labute approximate surface area is 259 Å². The summed E-state index contributed by atoms with van der Waals surface area (Å²) in [4.78, 5) is 14.0. The molecule has 0 saturated carbocycles. The minimum atomic E-state index is -6.79. The van der Waals surface area contributed by atoms with Gasteiger partial charge in [-0.15, -0.1) is 0 Å². The largest absolute Gasteiger partial charge is 0.457 e. The zero-order valence-corrected chi connectivity index (χ0v) is 24.2. The molecule has 5 rings (SSSR count). The van der Waals surface area contributed by atoms with Crippen LogP contribution >= 0.6 is 11.8 Å². The molecule has 3 aromatic carbocycles. The summed E-state index contributed by atoms with van der Waals surface area (Å²) >= 11 is 1.72. The zero-order valence-electron chi connectivity index (χ0n) is 23.3. The van der Waals surface area contributed by atoms with E-state index in [1.807, 2.05) is 13.0 Å². The van der Waals surface area contributed by atoms with Gasteiger partial charge >= 0.3 is 23.9 Å². The molecule has 0 amide bonds. The van der Waals surface area contributed by atoms with Crippen LogP contribution in [0.25, 0.3) is 0 Å². The number of amidine groups is 2. The number of anilines is 1. The molecule has 2 aliphatic heterocycles. The third-order valence-corrected chi connectivity index (χ3v) is 7.78. The average Bonchev–Trinajstić information content (AvgIpc) is 2.98. The van der Waals surface area contributed by atoms with E-state index in [1.54, 1.807) is 42.1 Å². The number of nitrogens with one attached hydrogen (secondary N) is 1. The van der Waals surface area contributed by atoms with Crippen molar-refractivity contribution in [2.75, 3.05) is 10.8 Å². The Morgan fingerprint density at radius 1 is 0.935 bits per heavy atom. The van der Waals surface area contributed by atoms with Gasteiger partial charge in [-0.25, -0.2) is 18.8 Å². The lowest BCUT2D eigenvalue weighted by Gasteiger charge is -2.39. The summed E-state index contributed by atoms with van der Waals surface area (Å²) in [6.07, 6.45) is -11.4. The van der Waals surface area contributed by atoms with Crippen LogP contribution in [0.4, 0.5) is 55.3 Å². The molecule has 6 nitrogen and oxygen atoms in total. The summed E-state index contributed by atoms with van der Waals surface area (Å²) in [5.74, 6) is -6.06. The monoisotopic (exact) mass is 676 g/mol. The number of nitrogens with zero attached hydrogens (tertiary/aromatic N) is 4. The molecule has 0 bridgehead atoms. The molecule has 17 heteroatoms. The van der Waals surface area contributed by atoms with Crippen LogP contribution in [0, 0.1) is 11.2 Å². The maximum Gasteiger partial charge on any atom is 0.457 e. The van der Waals surface area contributed by atoms with E-state index in [-0.39, 0.29) is 35.5 Å². The lowest BCUT2D eigenvalue weighted by molar-refractivity contribution is -0.389. The van der Waals surface area contributed by atoms with Gasteiger partial charge in [-0.3, -0.25) is 4.99 Å². The van der Waals surface area contributed by atoms with E-state index < -0.39 is 29.5 Å². The van der Waals surface area contributed by atoms with E-state index in [4.69, 9.17) is 11.1 Å². The quantitative estimate of drug-likeness (QED) is 0.156. The molecule has 2 unspecified atom stereocenters. The predicted molar refractivity (Wildman–Crippen MR) is 157 cm³/mol. The smallest absolute Gasteiger partial charge is 0.383 e. The number of alkyl halides is 9. The SMILES string of the molecule is CC1N=C2SCN2c2cc(F)ccc21.N=Cc1ccc(C(N)=NC=Nc2ccc(C(F)(C(F)(F)F)C(F)(F)C(F)(F)F)cc2)cc1. The third kappa shape index (κ3) is 6.59. The highest BCUT2D eigenvalue weighted by Gasteiger charge is 2.81. The topological polar surface area (TPSA) is 90.2 Å². The highest BCUT2D eigenvalue weighted by atomic mass is 32.2. The second kappa shape index (κ2) is 12.8. The first-order valence-corrected chi connectivity index (χ1v) is 13.9. The van der Waals surface area contributed by atoms with Gasteiger partial charge in [0.05, 0.1) is 23.3 Å². The number of nitrogens with two attached hydrogens (primary N) is 1. The molecule has 3 N–H and O–H groups in total. The van der Waals surface area contributed by atoms with Crippen LogP contribution in [-0.4, -0.2) is 47.7 Å². The molecule has 2 heterocycles. The summed E-state index contributed by atoms with van der Waals surface area (Å²) in [6.45, 7) is 2.04. The number of hydrogen-bond donors (Lipinski definition) is 2. The summed E-state index contributed by atoms with van der Waals surface area (Å²) in [7, 11) is 0. The van der Waals surface area contributed by atoms with Gasteiger partial charge in [-0.1, -0.05) is 54.2 Å². The highest BCUT2D eigenvalue weighted by molar-refractivity contribution is 8.16. The molecule has 1 saturated heterocycles. The summed E-state index contributed by atoms with van der Waals surface area (Å²) in [6, 6.07) is 12.8. The van der Waals surface area contributed by atoms with Gasteiger partial charge in [0.15, 0.2) is 5.17 Å². The van der Waals surface area contributed by atoms with Crippen molar-refractivity contribution in [1.29, 1.82) is 5.41 Å². The van der Waals surface area contributed by atoms with Crippen LogP contribution in [0.2, 0.25) is 0 Å². The van der Waals surface area contributed by atoms with Crippen LogP contribution in [-0.2, 0) is 5.67 Å². The van der Waals surface area contributed by atoms with Crippen LogP contribution in [0.5, 0.6) is 0 Å². The number of fused-ring (bicyclic) bond motifs is 3. The van der Waals surface area contributed by atoms with E-state index in [2.05, 4.69) is 19.9 Å². The Balaban J connectivity index is 0.000000280. The first-order valence-electron chi connectivity index (χ1n) is 13.0. The molecule has 2 atom stereocenters. The summed E-state index contributed by atoms with van der Waals surface area (Å²) in [5.41, 5.74) is 0.679. The molecule has 3 aromatic rings. The molecule has 46 heavy (non-hydrogen) atoms. The number of benzene rings is 3. The molecule has 0 spiro atoms. The van der Waals surface area contributed by atoms with E-state index in [0.29, 0.717) is 23.3 Å². The van der Waals surface area contributed by atoms with E-state index in [9.17, 15) is 43.9 Å². The molecule has 0 radical (unpaired) electrons. The summed E-state index contributed by atoms with van der Waals surface area (Å²) in [5, 5.41) is 8.11. The van der Waals surface area contributed by atoms with Crippen molar-refractivity contribution < 1.29 is 43.9 Å². The Hall–Kier alpha value is -4.41. The average molecular weight is 677 g/mol.